The lowest BCUT2D eigenvalue weighted by Gasteiger charge is -2.11. The van der Waals surface area contributed by atoms with E-state index in [1.54, 1.807) is 48.5 Å². The predicted molar refractivity (Wildman–Crippen MR) is 132 cm³/mol. The normalized spacial score (nSPS) is 11.1. The van der Waals surface area contributed by atoms with Crippen molar-refractivity contribution in [1.29, 1.82) is 0 Å². The topological polar surface area (TPSA) is 152 Å². The molecule has 0 unspecified atom stereocenters. The van der Waals surface area contributed by atoms with Crippen molar-refractivity contribution in [2.24, 2.45) is 5.10 Å². The zero-order chi connectivity index (χ0) is 26.1. The average Bonchev–Trinajstić information content (AvgIpc) is 2.88. The van der Waals surface area contributed by atoms with Crippen molar-refractivity contribution >= 4 is 29.8 Å². The number of nitrogens with one attached hydrogen (secondary N) is 2. The quantitative estimate of drug-likeness (QED) is 0.180. The highest BCUT2D eigenvalue weighted by Crippen LogP contribution is 2.28. The molecule has 11 nitrogen and oxygen atoms in total. The molecule has 184 valence electrons. The Morgan fingerprint density at radius 2 is 1.72 bits per heavy atom. The molecule has 3 aromatic carbocycles. The molecule has 0 aromatic heterocycles. The van der Waals surface area contributed by atoms with E-state index in [1.165, 1.54) is 20.3 Å². The fraction of sp³-hybridized carbons (Fsp3) is 0.0800. The van der Waals surface area contributed by atoms with Crippen LogP contribution in [0.15, 0.2) is 77.5 Å². The second kappa shape index (κ2) is 11.8. The van der Waals surface area contributed by atoms with Gasteiger partial charge in [-0.05, 0) is 48.0 Å². The minimum Gasteiger partial charge on any atom is -0.508 e. The monoisotopic (exact) mass is 490 g/mol. The number of rotatable bonds is 9. The third-order valence-electron chi connectivity index (χ3n) is 4.82. The number of ether oxygens (including phenoxy) is 2. The van der Waals surface area contributed by atoms with Crippen molar-refractivity contribution in [3.63, 3.8) is 0 Å². The summed E-state index contributed by atoms with van der Waals surface area (Å²) >= 11 is 0. The van der Waals surface area contributed by atoms with Crippen molar-refractivity contribution < 1.29 is 29.1 Å². The third kappa shape index (κ3) is 6.44. The van der Waals surface area contributed by atoms with Gasteiger partial charge in [0.1, 0.15) is 11.4 Å². The Morgan fingerprint density at radius 3 is 2.39 bits per heavy atom. The van der Waals surface area contributed by atoms with E-state index in [9.17, 15) is 24.8 Å². The van der Waals surface area contributed by atoms with Crippen LogP contribution in [0.1, 0.15) is 21.5 Å². The third-order valence-corrected chi connectivity index (χ3v) is 4.82. The summed E-state index contributed by atoms with van der Waals surface area (Å²) in [5.74, 6) is -0.656. The van der Waals surface area contributed by atoms with Gasteiger partial charge in [0.15, 0.2) is 11.5 Å². The molecule has 11 heteroatoms. The Balaban J connectivity index is 1.90. The van der Waals surface area contributed by atoms with Crippen molar-refractivity contribution in [3.05, 3.63) is 99.2 Å². The van der Waals surface area contributed by atoms with Crippen LogP contribution < -0.4 is 20.2 Å². The predicted octanol–water partition coefficient (Wildman–Crippen LogP) is 3.24. The Morgan fingerprint density at radius 1 is 1.00 bits per heavy atom. The number of nitro benzene ring substituents is 1. The van der Waals surface area contributed by atoms with E-state index < -0.39 is 16.7 Å². The van der Waals surface area contributed by atoms with Gasteiger partial charge >= 0.3 is 0 Å². The van der Waals surface area contributed by atoms with Gasteiger partial charge in [-0.2, -0.15) is 5.10 Å². The number of amides is 2. The minimum atomic E-state index is -0.798. The largest absolute Gasteiger partial charge is 0.508 e. The summed E-state index contributed by atoms with van der Waals surface area (Å²) in [4.78, 5) is 36.2. The summed E-state index contributed by atoms with van der Waals surface area (Å²) in [6.45, 7) is 0. The highest BCUT2D eigenvalue weighted by molar-refractivity contribution is 6.05. The Kier molecular flexibility index (Phi) is 8.33. The summed E-state index contributed by atoms with van der Waals surface area (Å²) in [6, 6.07) is 16.6. The average molecular weight is 490 g/mol. The Hall–Kier alpha value is -5.19. The summed E-state index contributed by atoms with van der Waals surface area (Å²) in [7, 11) is 2.95. The SMILES string of the molecule is COc1ccc(/C=C(/NC(=O)c2ccccc2)C(=O)N/N=C\c2cc(O)ccc2[N+](=O)[O-])cc1OC. The number of hydrogen-bond donors (Lipinski definition) is 3. The van der Waals surface area contributed by atoms with Gasteiger partial charge in [-0.1, -0.05) is 24.3 Å². The van der Waals surface area contributed by atoms with Gasteiger partial charge in [-0.3, -0.25) is 19.7 Å². The number of aromatic hydroxyl groups is 1. The first-order valence-corrected chi connectivity index (χ1v) is 10.4. The van der Waals surface area contributed by atoms with E-state index in [4.69, 9.17) is 9.47 Å². The van der Waals surface area contributed by atoms with Crippen molar-refractivity contribution in [3.8, 4) is 17.2 Å². The maximum atomic E-state index is 12.9. The highest BCUT2D eigenvalue weighted by Gasteiger charge is 2.16. The highest BCUT2D eigenvalue weighted by atomic mass is 16.6. The molecule has 0 aliphatic carbocycles. The number of nitrogens with zero attached hydrogens (tertiary/aromatic N) is 2. The minimum absolute atomic E-state index is 0.0287. The number of methoxy groups -OCH3 is 2. The second-order valence-corrected chi connectivity index (χ2v) is 7.19. The molecular weight excluding hydrogens is 468 g/mol. The second-order valence-electron chi connectivity index (χ2n) is 7.19. The zero-order valence-electron chi connectivity index (χ0n) is 19.3. The van der Waals surface area contributed by atoms with Crippen LogP contribution in [0.2, 0.25) is 0 Å². The van der Waals surface area contributed by atoms with Crippen LogP contribution >= 0.6 is 0 Å². The van der Waals surface area contributed by atoms with Crippen LogP contribution in [-0.4, -0.2) is 42.3 Å². The molecule has 0 saturated heterocycles. The number of carbonyl (C=O) groups is 2. The molecule has 2 amide bonds. The van der Waals surface area contributed by atoms with Crippen LogP contribution in [0, 0.1) is 10.1 Å². The number of hydrogen-bond acceptors (Lipinski definition) is 8. The molecule has 0 spiro atoms. The van der Waals surface area contributed by atoms with Crippen LogP contribution in [0.5, 0.6) is 17.2 Å². The lowest BCUT2D eigenvalue weighted by Crippen LogP contribution is -2.32. The van der Waals surface area contributed by atoms with Gasteiger partial charge in [0.2, 0.25) is 0 Å². The smallest absolute Gasteiger partial charge is 0.287 e. The zero-order valence-corrected chi connectivity index (χ0v) is 19.3. The summed E-state index contributed by atoms with van der Waals surface area (Å²) in [5.41, 5.74) is 2.57. The van der Waals surface area contributed by atoms with Crippen LogP contribution in [-0.2, 0) is 4.79 Å². The molecule has 0 aliphatic heterocycles. The molecular formula is C25H22N4O7. The number of carbonyl (C=O) groups excluding carboxylic acids is 2. The van der Waals surface area contributed by atoms with Crippen LogP contribution in [0.25, 0.3) is 6.08 Å². The van der Waals surface area contributed by atoms with Crippen molar-refractivity contribution in [2.45, 2.75) is 0 Å². The van der Waals surface area contributed by atoms with Gasteiger partial charge in [-0.25, -0.2) is 5.43 Å². The summed E-state index contributed by atoms with van der Waals surface area (Å²) in [6.07, 6.45) is 2.42. The molecule has 3 aromatic rings. The number of hydrazone groups is 1. The van der Waals surface area contributed by atoms with Gasteiger partial charge in [0, 0.05) is 11.6 Å². The van der Waals surface area contributed by atoms with Gasteiger partial charge in [0.25, 0.3) is 17.5 Å². The first kappa shape index (κ1) is 25.4. The number of benzene rings is 3. The van der Waals surface area contributed by atoms with Gasteiger partial charge in [-0.15, -0.1) is 0 Å². The van der Waals surface area contributed by atoms with Crippen molar-refractivity contribution in [1.82, 2.24) is 10.7 Å². The van der Waals surface area contributed by atoms with Crippen LogP contribution in [0.3, 0.4) is 0 Å². The number of nitro groups is 1. The molecule has 3 N–H and O–H groups in total. The van der Waals surface area contributed by atoms with E-state index in [1.807, 2.05) is 0 Å². The van der Waals surface area contributed by atoms with E-state index in [2.05, 4.69) is 15.8 Å². The molecule has 0 heterocycles. The maximum absolute atomic E-state index is 12.9. The molecule has 36 heavy (non-hydrogen) atoms. The number of phenols is 1. The standard InChI is InChI=1S/C25H22N4O7/c1-35-22-11-8-16(13-23(22)36-2)12-20(27-24(31)17-6-4-3-5-7-17)25(32)28-26-15-18-14-19(30)9-10-21(18)29(33)34/h3-15,30H,1-2H3,(H,27,31)(H,28,32)/b20-12+,26-15-. The van der Waals surface area contributed by atoms with E-state index in [0.29, 0.717) is 22.6 Å². The molecule has 3 rings (SSSR count). The van der Waals surface area contributed by atoms with E-state index >= 15 is 0 Å². The molecule has 0 fully saturated rings. The molecule has 0 bridgehead atoms. The molecule has 0 atom stereocenters. The summed E-state index contributed by atoms with van der Waals surface area (Å²) in [5, 5.41) is 27.1. The van der Waals surface area contributed by atoms with E-state index in [-0.39, 0.29) is 22.7 Å². The van der Waals surface area contributed by atoms with Gasteiger partial charge in [0.05, 0.1) is 30.9 Å². The van der Waals surface area contributed by atoms with Crippen LogP contribution in [0.4, 0.5) is 5.69 Å². The van der Waals surface area contributed by atoms with Gasteiger partial charge < -0.3 is 19.9 Å². The van der Waals surface area contributed by atoms with Crippen molar-refractivity contribution in [2.75, 3.05) is 14.2 Å². The first-order chi connectivity index (χ1) is 17.3. The lowest BCUT2D eigenvalue weighted by molar-refractivity contribution is -0.385. The maximum Gasteiger partial charge on any atom is 0.287 e. The molecule has 0 saturated carbocycles. The molecule has 0 aliphatic rings. The molecule has 0 radical (unpaired) electrons. The fourth-order valence-electron chi connectivity index (χ4n) is 3.08. The fourth-order valence-corrected chi connectivity index (χ4v) is 3.08. The lowest BCUT2D eigenvalue weighted by atomic mass is 10.1. The number of phenolic OH excluding ortho intramolecular Hbond substituents is 1. The first-order valence-electron chi connectivity index (χ1n) is 10.4. The Bertz CT molecular complexity index is 1340. The summed E-state index contributed by atoms with van der Waals surface area (Å²) < 4.78 is 10.5. The Labute approximate surface area is 205 Å². The van der Waals surface area contributed by atoms with E-state index in [0.717, 1.165) is 24.4 Å².